The monoisotopic (exact) mass is 193 g/mol. The first-order valence-corrected chi connectivity index (χ1v) is 4.20. The second-order valence-corrected chi connectivity index (χ2v) is 2.62. The molecule has 0 unspecified atom stereocenters. The molecule has 0 spiro atoms. The molecule has 0 aromatic carbocycles. The van der Waals surface area contributed by atoms with Crippen molar-refractivity contribution in [2.75, 3.05) is 13.1 Å². The van der Waals surface area contributed by atoms with Gasteiger partial charge in [-0.1, -0.05) is 5.92 Å². The minimum absolute atomic E-state index is 0.0854. The largest absolute Gasteiger partial charge is 0.330 e. The highest BCUT2D eigenvalue weighted by molar-refractivity contribution is 5.76. The smallest absolute Gasteiger partial charge is 0.245 e. The lowest BCUT2D eigenvalue weighted by Gasteiger charge is -2.17. The first-order chi connectivity index (χ1) is 6.77. The van der Waals surface area contributed by atoms with Gasteiger partial charge >= 0.3 is 0 Å². The third-order valence-electron chi connectivity index (χ3n) is 1.71. The molecular weight excluding hydrogens is 182 g/mol. The molecule has 1 amide bonds. The van der Waals surface area contributed by atoms with Gasteiger partial charge in [0, 0.05) is 6.54 Å². The minimum Gasteiger partial charge on any atom is -0.330 e. The van der Waals surface area contributed by atoms with E-state index in [9.17, 15) is 4.79 Å². The van der Waals surface area contributed by atoms with Gasteiger partial charge in [-0.3, -0.25) is 4.79 Å². The number of hydrogen-bond donors (Lipinski definition) is 0. The van der Waals surface area contributed by atoms with Crippen molar-refractivity contribution in [2.24, 2.45) is 0 Å². The summed E-state index contributed by atoms with van der Waals surface area (Å²) in [5, 5.41) is 10.4. The second-order valence-electron chi connectivity index (χ2n) is 2.62. The highest BCUT2D eigenvalue weighted by Gasteiger charge is 2.10. The molecule has 0 aliphatic rings. The van der Waals surface area contributed by atoms with Gasteiger partial charge in [0.1, 0.15) is 12.9 Å². The highest BCUT2D eigenvalue weighted by atomic mass is 16.2. The molecule has 0 bridgehead atoms. The predicted molar refractivity (Wildman–Crippen MR) is 48.9 cm³/mol. The van der Waals surface area contributed by atoms with Gasteiger partial charge in [-0.05, 0) is 17.4 Å². The maximum atomic E-state index is 11.5. The van der Waals surface area contributed by atoms with Crippen LogP contribution in [0.25, 0.3) is 0 Å². The summed E-state index contributed by atoms with van der Waals surface area (Å²) in [5.74, 6) is 2.34. The van der Waals surface area contributed by atoms with Crippen LogP contribution < -0.4 is 0 Å². The van der Waals surface area contributed by atoms with Crippen LogP contribution in [-0.2, 0) is 11.3 Å². The van der Waals surface area contributed by atoms with E-state index in [1.165, 1.54) is 11.0 Å². The molecule has 6 nitrogen and oxygen atoms in total. The van der Waals surface area contributed by atoms with Crippen LogP contribution in [-0.4, -0.2) is 44.1 Å². The summed E-state index contributed by atoms with van der Waals surface area (Å²) < 4.78 is 1.36. The molecule has 6 heteroatoms. The SMILES string of the molecule is C#CCN(CC)C(=O)Cn1cnnn1. The summed E-state index contributed by atoms with van der Waals surface area (Å²) >= 11 is 0. The van der Waals surface area contributed by atoms with E-state index in [0.29, 0.717) is 13.1 Å². The van der Waals surface area contributed by atoms with E-state index < -0.39 is 0 Å². The van der Waals surface area contributed by atoms with Gasteiger partial charge in [0.05, 0.1) is 6.54 Å². The molecule has 1 aromatic heterocycles. The zero-order valence-electron chi connectivity index (χ0n) is 7.92. The molecule has 1 aromatic rings. The molecule has 0 saturated carbocycles. The number of nitrogens with zero attached hydrogens (tertiary/aromatic N) is 5. The Morgan fingerprint density at radius 3 is 3.00 bits per heavy atom. The third kappa shape index (κ3) is 2.55. The first kappa shape index (κ1) is 10.2. The number of rotatable bonds is 4. The zero-order valence-corrected chi connectivity index (χ0v) is 7.92. The number of tetrazole rings is 1. The molecular formula is C8H11N5O. The molecule has 0 atom stereocenters. The number of likely N-dealkylation sites (N-methyl/N-ethyl adjacent to an activating group) is 1. The Hall–Kier alpha value is -1.90. The lowest BCUT2D eigenvalue weighted by Crippen LogP contribution is -2.34. The molecule has 14 heavy (non-hydrogen) atoms. The van der Waals surface area contributed by atoms with Crippen molar-refractivity contribution in [1.82, 2.24) is 25.1 Å². The molecule has 1 heterocycles. The Labute approximate surface area is 81.9 Å². The lowest BCUT2D eigenvalue weighted by atomic mass is 10.4. The van der Waals surface area contributed by atoms with E-state index in [-0.39, 0.29) is 12.5 Å². The average molecular weight is 193 g/mol. The quantitative estimate of drug-likeness (QED) is 0.584. The third-order valence-corrected chi connectivity index (χ3v) is 1.71. The van der Waals surface area contributed by atoms with Gasteiger partial charge in [-0.2, -0.15) is 0 Å². The van der Waals surface area contributed by atoms with Crippen LogP contribution in [0, 0.1) is 12.3 Å². The predicted octanol–water partition coefficient (Wildman–Crippen LogP) is -0.845. The van der Waals surface area contributed by atoms with Crippen LogP contribution in [0.1, 0.15) is 6.92 Å². The van der Waals surface area contributed by atoms with E-state index in [1.807, 2.05) is 6.92 Å². The van der Waals surface area contributed by atoms with E-state index >= 15 is 0 Å². The molecule has 0 aliphatic carbocycles. The Balaban J connectivity index is 2.52. The Morgan fingerprint density at radius 1 is 1.71 bits per heavy atom. The summed E-state index contributed by atoms with van der Waals surface area (Å²) in [7, 11) is 0. The fourth-order valence-corrected chi connectivity index (χ4v) is 0.978. The van der Waals surface area contributed by atoms with Crippen molar-refractivity contribution in [3.8, 4) is 12.3 Å². The Morgan fingerprint density at radius 2 is 2.50 bits per heavy atom. The number of amides is 1. The maximum absolute atomic E-state index is 11.5. The molecule has 1 rings (SSSR count). The maximum Gasteiger partial charge on any atom is 0.245 e. The van der Waals surface area contributed by atoms with Crippen LogP contribution >= 0.6 is 0 Å². The number of terminal acetylenes is 1. The van der Waals surface area contributed by atoms with Gasteiger partial charge in [-0.15, -0.1) is 11.5 Å². The van der Waals surface area contributed by atoms with Gasteiger partial charge in [0.15, 0.2) is 0 Å². The number of carbonyl (C=O) groups excluding carboxylic acids is 1. The molecule has 0 fully saturated rings. The van der Waals surface area contributed by atoms with Crippen molar-refractivity contribution in [3.63, 3.8) is 0 Å². The fraction of sp³-hybridized carbons (Fsp3) is 0.500. The Bertz CT molecular complexity index is 326. The minimum atomic E-state index is -0.0854. The van der Waals surface area contributed by atoms with Gasteiger partial charge < -0.3 is 4.90 Å². The summed E-state index contributed by atoms with van der Waals surface area (Å²) in [6.07, 6.45) is 6.52. The van der Waals surface area contributed by atoms with E-state index in [1.54, 1.807) is 4.90 Å². The summed E-state index contributed by atoms with van der Waals surface area (Å²) in [4.78, 5) is 13.1. The van der Waals surface area contributed by atoms with Crippen molar-refractivity contribution >= 4 is 5.91 Å². The van der Waals surface area contributed by atoms with Crippen molar-refractivity contribution in [1.29, 1.82) is 0 Å². The molecule has 0 N–H and O–H groups in total. The summed E-state index contributed by atoms with van der Waals surface area (Å²) in [6, 6.07) is 0. The fourth-order valence-electron chi connectivity index (χ4n) is 0.978. The number of carbonyl (C=O) groups is 1. The number of hydrogen-bond acceptors (Lipinski definition) is 4. The van der Waals surface area contributed by atoms with Crippen molar-refractivity contribution in [3.05, 3.63) is 6.33 Å². The number of aromatic nitrogens is 4. The zero-order chi connectivity index (χ0) is 10.4. The first-order valence-electron chi connectivity index (χ1n) is 4.20. The molecule has 74 valence electrons. The van der Waals surface area contributed by atoms with Gasteiger partial charge in [0.25, 0.3) is 0 Å². The standard InChI is InChI=1S/C8H11N5O/c1-3-5-12(4-2)8(14)6-13-7-9-10-11-13/h1,7H,4-6H2,2H3. The topological polar surface area (TPSA) is 63.9 Å². The normalized spacial score (nSPS) is 9.43. The van der Waals surface area contributed by atoms with E-state index in [2.05, 4.69) is 21.4 Å². The molecule has 0 aliphatic heterocycles. The molecule has 0 saturated heterocycles. The van der Waals surface area contributed by atoms with E-state index in [0.717, 1.165) is 0 Å². The van der Waals surface area contributed by atoms with Crippen LogP contribution in [0.3, 0.4) is 0 Å². The summed E-state index contributed by atoms with van der Waals surface area (Å²) in [5.41, 5.74) is 0. The van der Waals surface area contributed by atoms with Crippen LogP contribution in [0.15, 0.2) is 6.33 Å². The van der Waals surface area contributed by atoms with Crippen LogP contribution in [0.4, 0.5) is 0 Å². The van der Waals surface area contributed by atoms with Crippen LogP contribution in [0.5, 0.6) is 0 Å². The van der Waals surface area contributed by atoms with Crippen molar-refractivity contribution < 1.29 is 4.79 Å². The van der Waals surface area contributed by atoms with Gasteiger partial charge in [-0.25, -0.2) is 4.68 Å². The molecule has 0 radical (unpaired) electrons. The highest BCUT2D eigenvalue weighted by Crippen LogP contribution is 1.91. The van der Waals surface area contributed by atoms with Gasteiger partial charge in [0.2, 0.25) is 5.91 Å². The van der Waals surface area contributed by atoms with Crippen molar-refractivity contribution in [2.45, 2.75) is 13.5 Å². The average Bonchev–Trinajstić information content (AvgIpc) is 2.66. The lowest BCUT2D eigenvalue weighted by molar-refractivity contribution is -0.131. The van der Waals surface area contributed by atoms with E-state index in [4.69, 9.17) is 6.42 Å². The van der Waals surface area contributed by atoms with Crippen LogP contribution in [0.2, 0.25) is 0 Å². The summed E-state index contributed by atoms with van der Waals surface area (Å²) in [6.45, 7) is 2.90. The second kappa shape index (κ2) is 4.97. The Kier molecular flexibility index (Phi) is 3.61.